The van der Waals surface area contributed by atoms with Crippen LogP contribution in [0, 0.1) is 0 Å². The molecule has 0 spiro atoms. The van der Waals surface area contributed by atoms with Crippen LogP contribution in [0.25, 0.3) is 17.2 Å². The minimum absolute atomic E-state index is 0.0545. The molecule has 2 aliphatic heterocycles. The summed E-state index contributed by atoms with van der Waals surface area (Å²) < 4.78 is 11.5. The Hall–Kier alpha value is -3.91. The lowest BCUT2D eigenvalue weighted by Crippen LogP contribution is -2.36. The van der Waals surface area contributed by atoms with E-state index in [2.05, 4.69) is 82.2 Å². The SMILES string of the molecule is CCOc1ccccc1-c1ccc2c(c1)C=C(C(=O)Nc1ccc(CN(C)C3CCOCC3)cc1)CCN2Cc1cccs1. The number of nitrogens with zero attached hydrogens (tertiary/aromatic N) is 2. The van der Waals surface area contributed by atoms with Gasteiger partial charge in [-0.15, -0.1) is 11.3 Å². The van der Waals surface area contributed by atoms with Crippen LogP contribution in [0.5, 0.6) is 5.75 Å². The Labute approximate surface area is 264 Å². The fraction of sp³-hybridized carbons (Fsp3) is 0.324. The maximum atomic E-state index is 13.7. The van der Waals surface area contributed by atoms with Gasteiger partial charge in [0.25, 0.3) is 5.91 Å². The van der Waals surface area contributed by atoms with E-state index >= 15 is 0 Å². The fourth-order valence-electron chi connectivity index (χ4n) is 6.13. The molecule has 1 amide bonds. The number of nitrogens with one attached hydrogen (secondary N) is 1. The summed E-state index contributed by atoms with van der Waals surface area (Å²) in [6.45, 7) is 6.75. The molecule has 1 saturated heterocycles. The molecule has 0 saturated carbocycles. The smallest absolute Gasteiger partial charge is 0.251 e. The minimum Gasteiger partial charge on any atom is -0.493 e. The summed E-state index contributed by atoms with van der Waals surface area (Å²) in [6.07, 6.45) is 4.89. The topological polar surface area (TPSA) is 54.0 Å². The molecular weight excluding hydrogens is 566 g/mol. The van der Waals surface area contributed by atoms with Crippen LogP contribution < -0.4 is 15.0 Å². The van der Waals surface area contributed by atoms with Crippen LogP contribution in [0.1, 0.15) is 42.2 Å². The van der Waals surface area contributed by atoms with Crippen LogP contribution in [-0.4, -0.2) is 50.3 Å². The van der Waals surface area contributed by atoms with Crippen molar-refractivity contribution in [2.45, 2.75) is 45.3 Å². The van der Waals surface area contributed by atoms with Crippen molar-refractivity contribution >= 4 is 34.7 Å². The summed E-state index contributed by atoms with van der Waals surface area (Å²) >= 11 is 1.76. The second-order valence-electron chi connectivity index (χ2n) is 11.5. The molecule has 6 rings (SSSR count). The molecule has 0 aliphatic carbocycles. The molecule has 0 atom stereocenters. The highest BCUT2D eigenvalue weighted by Crippen LogP contribution is 2.37. The first-order valence-corrected chi connectivity index (χ1v) is 16.5. The molecule has 3 aromatic carbocycles. The molecule has 44 heavy (non-hydrogen) atoms. The Morgan fingerprint density at radius 1 is 1.05 bits per heavy atom. The zero-order chi connectivity index (χ0) is 30.3. The number of para-hydroxylation sites is 1. The number of rotatable bonds is 10. The van der Waals surface area contributed by atoms with E-state index < -0.39 is 0 Å². The van der Waals surface area contributed by atoms with Crippen molar-refractivity contribution in [2.24, 2.45) is 0 Å². The lowest BCUT2D eigenvalue weighted by atomic mass is 9.99. The molecule has 0 bridgehead atoms. The summed E-state index contributed by atoms with van der Waals surface area (Å²) in [5.74, 6) is 0.810. The highest BCUT2D eigenvalue weighted by Gasteiger charge is 2.22. The van der Waals surface area contributed by atoms with Crippen molar-refractivity contribution in [1.29, 1.82) is 0 Å². The average Bonchev–Trinajstić information content (AvgIpc) is 3.50. The molecule has 228 valence electrons. The number of fused-ring (bicyclic) bond motifs is 1. The normalized spacial score (nSPS) is 15.4. The Morgan fingerprint density at radius 2 is 1.86 bits per heavy atom. The second-order valence-corrected chi connectivity index (χ2v) is 12.6. The van der Waals surface area contributed by atoms with E-state index in [1.807, 2.05) is 37.3 Å². The van der Waals surface area contributed by atoms with Crippen molar-refractivity contribution < 1.29 is 14.3 Å². The van der Waals surface area contributed by atoms with Crippen molar-refractivity contribution in [1.82, 2.24) is 4.90 Å². The molecule has 0 radical (unpaired) electrons. The third-order valence-corrected chi connectivity index (χ3v) is 9.38. The van der Waals surface area contributed by atoms with Gasteiger partial charge in [0.2, 0.25) is 0 Å². The molecule has 6 nitrogen and oxygen atoms in total. The van der Waals surface area contributed by atoms with Gasteiger partial charge in [-0.2, -0.15) is 0 Å². The molecular formula is C37H41N3O3S. The van der Waals surface area contributed by atoms with E-state index in [-0.39, 0.29) is 5.91 Å². The standard InChI is InChI=1S/C37H41N3O3S/c1-3-43-36-9-5-4-8-34(36)28-12-15-35-30(23-28)24-29(16-19-40(35)26-33-7-6-22-44-33)37(41)38-31-13-10-27(11-14-31)25-39(2)32-17-20-42-21-18-32/h4-15,22-24,32H,3,16-21,25-26H2,1-2H3,(H,38,41). The first-order chi connectivity index (χ1) is 21.6. The van der Waals surface area contributed by atoms with Crippen LogP contribution >= 0.6 is 11.3 Å². The van der Waals surface area contributed by atoms with E-state index in [4.69, 9.17) is 9.47 Å². The molecule has 7 heteroatoms. The zero-order valence-electron chi connectivity index (χ0n) is 25.6. The largest absolute Gasteiger partial charge is 0.493 e. The lowest BCUT2D eigenvalue weighted by molar-refractivity contribution is -0.112. The van der Waals surface area contributed by atoms with Crippen molar-refractivity contribution in [3.05, 3.63) is 106 Å². The van der Waals surface area contributed by atoms with Gasteiger partial charge >= 0.3 is 0 Å². The van der Waals surface area contributed by atoms with Gasteiger partial charge < -0.3 is 19.7 Å². The molecule has 1 aromatic heterocycles. The van der Waals surface area contributed by atoms with Gasteiger partial charge in [0, 0.05) is 59.7 Å². The summed E-state index contributed by atoms with van der Waals surface area (Å²) in [6, 6.07) is 27.8. The minimum atomic E-state index is -0.0545. The third kappa shape index (κ3) is 7.24. The number of amides is 1. The first kappa shape index (κ1) is 30.1. The van der Waals surface area contributed by atoms with Crippen molar-refractivity contribution in [2.75, 3.05) is 43.6 Å². The Balaban J connectivity index is 1.22. The molecule has 0 unspecified atom stereocenters. The Kier molecular flexibility index (Phi) is 9.76. The second kappa shape index (κ2) is 14.2. The summed E-state index contributed by atoms with van der Waals surface area (Å²) in [5.41, 5.74) is 7.13. The number of carbonyl (C=O) groups is 1. The highest BCUT2D eigenvalue weighted by molar-refractivity contribution is 7.09. The first-order valence-electron chi connectivity index (χ1n) is 15.6. The molecule has 1 N–H and O–H groups in total. The van der Waals surface area contributed by atoms with E-state index in [0.29, 0.717) is 19.1 Å². The maximum absolute atomic E-state index is 13.7. The predicted octanol–water partition coefficient (Wildman–Crippen LogP) is 7.86. The number of carbonyl (C=O) groups excluding carboxylic acids is 1. The molecule has 3 heterocycles. The number of ether oxygens (including phenoxy) is 2. The number of hydrogen-bond acceptors (Lipinski definition) is 6. The van der Waals surface area contributed by atoms with Crippen LogP contribution in [0.15, 0.2) is 89.8 Å². The van der Waals surface area contributed by atoms with E-state index in [1.165, 1.54) is 10.4 Å². The monoisotopic (exact) mass is 607 g/mol. The Morgan fingerprint density at radius 3 is 2.64 bits per heavy atom. The number of thiophene rings is 1. The van der Waals surface area contributed by atoms with Gasteiger partial charge in [-0.1, -0.05) is 42.5 Å². The number of benzene rings is 3. The molecule has 4 aromatic rings. The molecule has 1 fully saturated rings. The van der Waals surface area contributed by atoms with E-state index in [0.717, 1.165) is 85.1 Å². The average molecular weight is 608 g/mol. The van der Waals surface area contributed by atoms with Crippen LogP contribution in [-0.2, 0) is 22.6 Å². The van der Waals surface area contributed by atoms with Gasteiger partial charge in [-0.25, -0.2) is 0 Å². The summed E-state index contributed by atoms with van der Waals surface area (Å²) in [4.78, 5) is 19.8. The summed E-state index contributed by atoms with van der Waals surface area (Å²) in [5, 5.41) is 5.29. The predicted molar refractivity (Wildman–Crippen MR) is 181 cm³/mol. The highest BCUT2D eigenvalue weighted by atomic mass is 32.1. The zero-order valence-corrected chi connectivity index (χ0v) is 26.4. The van der Waals surface area contributed by atoms with Gasteiger partial charge in [-0.3, -0.25) is 9.69 Å². The third-order valence-electron chi connectivity index (χ3n) is 8.52. The van der Waals surface area contributed by atoms with Crippen LogP contribution in [0.2, 0.25) is 0 Å². The summed E-state index contributed by atoms with van der Waals surface area (Å²) in [7, 11) is 2.19. The van der Waals surface area contributed by atoms with Gasteiger partial charge in [0.1, 0.15) is 5.75 Å². The Bertz CT molecular complexity index is 1580. The lowest BCUT2D eigenvalue weighted by Gasteiger charge is -2.31. The van der Waals surface area contributed by atoms with E-state index in [1.54, 1.807) is 11.3 Å². The quantitative estimate of drug-likeness (QED) is 0.199. The van der Waals surface area contributed by atoms with E-state index in [9.17, 15) is 4.79 Å². The van der Waals surface area contributed by atoms with Gasteiger partial charge in [0.05, 0.1) is 13.2 Å². The molecule has 2 aliphatic rings. The van der Waals surface area contributed by atoms with Crippen molar-refractivity contribution in [3.63, 3.8) is 0 Å². The van der Waals surface area contributed by atoms with Crippen molar-refractivity contribution in [3.8, 4) is 16.9 Å². The maximum Gasteiger partial charge on any atom is 0.251 e. The fourth-order valence-corrected chi connectivity index (χ4v) is 6.85. The van der Waals surface area contributed by atoms with Crippen LogP contribution in [0.4, 0.5) is 11.4 Å². The van der Waals surface area contributed by atoms with Gasteiger partial charge in [-0.05, 0) is 97.8 Å². The number of anilines is 2. The number of hydrogen-bond donors (Lipinski definition) is 1. The van der Waals surface area contributed by atoms with Crippen LogP contribution in [0.3, 0.4) is 0 Å². The van der Waals surface area contributed by atoms with Gasteiger partial charge in [0.15, 0.2) is 0 Å².